The summed E-state index contributed by atoms with van der Waals surface area (Å²) in [5.41, 5.74) is 1.97. The Morgan fingerprint density at radius 2 is 1.80 bits per heavy atom. The van der Waals surface area contributed by atoms with Crippen molar-refractivity contribution in [1.82, 2.24) is 15.1 Å². The second-order valence-corrected chi connectivity index (χ2v) is 7.85. The number of likely N-dealkylation sites (N-methyl/N-ethyl adjacent to an activating group) is 1. The molecule has 3 amide bonds. The predicted octanol–water partition coefficient (Wildman–Crippen LogP) is 2.85. The molecule has 7 heteroatoms. The van der Waals surface area contributed by atoms with Crippen LogP contribution in [0.1, 0.15) is 24.5 Å². The summed E-state index contributed by atoms with van der Waals surface area (Å²) in [6.07, 6.45) is 0.189. The summed E-state index contributed by atoms with van der Waals surface area (Å²) in [5.74, 6) is -0.820. The molecule has 0 spiro atoms. The molecule has 0 aromatic heterocycles. The van der Waals surface area contributed by atoms with Crippen molar-refractivity contribution in [2.75, 3.05) is 19.6 Å². The SMILES string of the molecule is CCN(CC(=O)NCc1ccc(Cl)cc1)C(=O)C1CC(=O)N(Cc2ccccc2)C1. The highest BCUT2D eigenvalue weighted by Crippen LogP contribution is 2.22. The molecule has 0 bridgehead atoms. The van der Waals surface area contributed by atoms with Gasteiger partial charge in [0, 0.05) is 37.6 Å². The number of halogens is 1. The van der Waals surface area contributed by atoms with Gasteiger partial charge in [0.1, 0.15) is 0 Å². The van der Waals surface area contributed by atoms with Crippen molar-refractivity contribution in [3.05, 3.63) is 70.7 Å². The summed E-state index contributed by atoms with van der Waals surface area (Å²) < 4.78 is 0. The lowest BCUT2D eigenvalue weighted by molar-refractivity contribution is -0.139. The predicted molar refractivity (Wildman–Crippen MR) is 116 cm³/mol. The normalized spacial score (nSPS) is 15.9. The summed E-state index contributed by atoms with van der Waals surface area (Å²) in [6.45, 7) is 3.48. The van der Waals surface area contributed by atoms with E-state index in [1.165, 1.54) is 4.90 Å². The molecule has 1 heterocycles. The van der Waals surface area contributed by atoms with Crippen molar-refractivity contribution >= 4 is 29.3 Å². The molecule has 1 aliphatic rings. The molecule has 1 fully saturated rings. The molecule has 6 nitrogen and oxygen atoms in total. The quantitative estimate of drug-likeness (QED) is 0.704. The summed E-state index contributed by atoms with van der Waals surface area (Å²) in [5, 5.41) is 3.46. The Kier molecular flexibility index (Phi) is 7.46. The van der Waals surface area contributed by atoms with E-state index in [-0.39, 0.29) is 30.7 Å². The standard InChI is InChI=1S/C23H26ClN3O3/c1-2-26(16-21(28)25-13-17-8-10-20(24)11-9-17)23(30)19-12-22(29)27(15-19)14-18-6-4-3-5-7-18/h3-11,19H,2,12-16H2,1H3,(H,25,28). The minimum absolute atomic E-state index is 0.0215. The minimum atomic E-state index is -0.412. The summed E-state index contributed by atoms with van der Waals surface area (Å²) in [4.78, 5) is 40.9. The Labute approximate surface area is 181 Å². The number of rotatable bonds is 8. The molecule has 30 heavy (non-hydrogen) atoms. The van der Waals surface area contributed by atoms with Crippen molar-refractivity contribution < 1.29 is 14.4 Å². The molecule has 1 unspecified atom stereocenters. The maximum Gasteiger partial charge on any atom is 0.239 e. The van der Waals surface area contributed by atoms with Crippen LogP contribution in [0.4, 0.5) is 0 Å². The number of likely N-dealkylation sites (tertiary alicyclic amines) is 1. The highest BCUT2D eigenvalue weighted by molar-refractivity contribution is 6.30. The molecule has 0 saturated carbocycles. The molecular formula is C23H26ClN3O3. The second-order valence-electron chi connectivity index (χ2n) is 7.42. The van der Waals surface area contributed by atoms with Crippen LogP contribution in [0.2, 0.25) is 5.02 Å². The van der Waals surface area contributed by atoms with Crippen molar-refractivity contribution in [3.63, 3.8) is 0 Å². The number of hydrogen-bond donors (Lipinski definition) is 1. The molecule has 3 rings (SSSR count). The Bertz CT molecular complexity index is 886. The van der Waals surface area contributed by atoms with Crippen LogP contribution in [-0.2, 0) is 27.5 Å². The first kappa shape index (κ1) is 21.8. The van der Waals surface area contributed by atoms with E-state index in [9.17, 15) is 14.4 Å². The Hall–Kier alpha value is -2.86. The van der Waals surface area contributed by atoms with E-state index in [0.29, 0.717) is 31.2 Å². The smallest absolute Gasteiger partial charge is 0.239 e. The van der Waals surface area contributed by atoms with Crippen LogP contribution in [0.5, 0.6) is 0 Å². The zero-order valence-electron chi connectivity index (χ0n) is 17.0. The van der Waals surface area contributed by atoms with Gasteiger partial charge < -0.3 is 15.1 Å². The van der Waals surface area contributed by atoms with Gasteiger partial charge in [-0.3, -0.25) is 14.4 Å². The van der Waals surface area contributed by atoms with Crippen LogP contribution in [0.15, 0.2) is 54.6 Å². The third-order valence-corrected chi connectivity index (χ3v) is 5.46. The van der Waals surface area contributed by atoms with E-state index in [1.54, 1.807) is 17.0 Å². The van der Waals surface area contributed by atoms with Gasteiger partial charge in [-0.05, 0) is 30.2 Å². The van der Waals surface area contributed by atoms with Crippen LogP contribution in [0.25, 0.3) is 0 Å². The van der Waals surface area contributed by atoms with Gasteiger partial charge in [-0.25, -0.2) is 0 Å². The molecule has 0 aliphatic carbocycles. The molecule has 2 aromatic rings. The fourth-order valence-electron chi connectivity index (χ4n) is 3.53. The third kappa shape index (κ3) is 5.83. The molecule has 1 aliphatic heterocycles. The largest absolute Gasteiger partial charge is 0.350 e. The first-order chi connectivity index (χ1) is 14.5. The van der Waals surface area contributed by atoms with E-state index >= 15 is 0 Å². The van der Waals surface area contributed by atoms with Crippen LogP contribution < -0.4 is 5.32 Å². The fraction of sp³-hybridized carbons (Fsp3) is 0.348. The van der Waals surface area contributed by atoms with Gasteiger partial charge in [0.05, 0.1) is 12.5 Å². The van der Waals surface area contributed by atoms with Crippen molar-refractivity contribution in [3.8, 4) is 0 Å². The van der Waals surface area contributed by atoms with Crippen molar-refractivity contribution in [2.45, 2.75) is 26.4 Å². The average molecular weight is 428 g/mol. The van der Waals surface area contributed by atoms with Crippen molar-refractivity contribution in [2.24, 2.45) is 5.92 Å². The monoisotopic (exact) mass is 427 g/mol. The highest BCUT2D eigenvalue weighted by atomic mass is 35.5. The number of amides is 3. The minimum Gasteiger partial charge on any atom is -0.350 e. The van der Waals surface area contributed by atoms with Gasteiger partial charge in [-0.2, -0.15) is 0 Å². The maximum atomic E-state index is 12.9. The van der Waals surface area contributed by atoms with Gasteiger partial charge in [-0.15, -0.1) is 0 Å². The molecular weight excluding hydrogens is 402 g/mol. The topological polar surface area (TPSA) is 69.7 Å². The van der Waals surface area contributed by atoms with Gasteiger partial charge >= 0.3 is 0 Å². The van der Waals surface area contributed by atoms with Gasteiger partial charge in [-0.1, -0.05) is 54.1 Å². The Balaban J connectivity index is 1.51. The molecule has 2 aromatic carbocycles. The van der Waals surface area contributed by atoms with Crippen LogP contribution in [-0.4, -0.2) is 47.2 Å². The zero-order valence-corrected chi connectivity index (χ0v) is 17.8. The molecule has 1 saturated heterocycles. The number of hydrogen-bond acceptors (Lipinski definition) is 3. The van der Waals surface area contributed by atoms with Gasteiger partial charge in [0.15, 0.2) is 0 Å². The first-order valence-corrected chi connectivity index (χ1v) is 10.5. The van der Waals surface area contributed by atoms with Gasteiger partial charge in [0.25, 0.3) is 0 Å². The van der Waals surface area contributed by atoms with E-state index in [0.717, 1.165) is 11.1 Å². The van der Waals surface area contributed by atoms with E-state index in [2.05, 4.69) is 5.32 Å². The van der Waals surface area contributed by atoms with Gasteiger partial charge in [0.2, 0.25) is 17.7 Å². The zero-order chi connectivity index (χ0) is 21.5. The number of carbonyl (C=O) groups excluding carboxylic acids is 3. The fourth-order valence-corrected chi connectivity index (χ4v) is 3.66. The van der Waals surface area contributed by atoms with Crippen LogP contribution in [0, 0.1) is 5.92 Å². The summed E-state index contributed by atoms with van der Waals surface area (Å²) in [7, 11) is 0. The van der Waals surface area contributed by atoms with E-state index < -0.39 is 5.92 Å². The average Bonchev–Trinajstić information content (AvgIpc) is 3.12. The highest BCUT2D eigenvalue weighted by Gasteiger charge is 2.36. The van der Waals surface area contributed by atoms with E-state index in [1.807, 2.05) is 49.4 Å². The molecule has 1 atom stereocenters. The molecule has 158 valence electrons. The Morgan fingerprint density at radius 3 is 2.47 bits per heavy atom. The van der Waals surface area contributed by atoms with Crippen molar-refractivity contribution in [1.29, 1.82) is 0 Å². The Morgan fingerprint density at radius 1 is 1.10 bits per heavy atom. The lowest BCUT2D eigenvalue weighted by Crippen LogP contribution is -2.43. The second kappa shape index (κ2) is 10.3. The number of benzene rings is 2. The lowest BCUT2D eigenvalue weighted by Gasteiger charge is -2.24. The summed E-state index contributed by atoms with van der Waals surface area (Å²) in [6, 6.07) is 16.9. The first-order valence-electron chi connectivity index (χ1n) is 10.1. The third-order valence-electron chi connectivity index (χ3n) is 5.21. The van der Waals surface area contributed by atoms with E-state index in [4.69, 9.17) is 11.6 Å². The maximum absolute atomic E-state index is 12.9. The van der Waals surface area contributed by atoms with Crippen LogP contribution in [0.3, 0.4) is 0 Å². The summed E-state index contributed by atoms with van der Waals surface area (Å²) >= 11 is 5.87. The molecule has 0 radical (unpaired) electrons. The number of nitrogens with one attached hydrogen (secondary N) is 1. The lowest BCUT2D eigenvalue weighted by atomic mass is 10.1. The molecule has 1 N–H and O–H groups in total. The van der Waals surface area contributed by atoms with Crippen LogP contribution >= 0.6 is 11.6 Å². The number of carbonyl (C=O) groups is 3. The number of nitrogens with zero attached hydrogens (tertiary/aromatic N) is 2.